The van der Waals surface area contributed by atoms with Crippen LogP contribution in [0.25, 0.3) is 0 Å². The number of carbonyl (C=O) groups excluding carboxylic acids is 2. The second-order valence-corrected chi connectivity index (χ2v) is 9.39. The minimum atomic E-state index is -0.964. The summed E-state index contributed by atoms with van der Waals surface area (Å²) < 4.78 is 17.8. The minimum absolute atomic E-state index is 0.0491. The summed E-state index contributed by atoms with van der Waals surface area (Å²) in [6.07, 6.45) is 7.67. The molecule has 2 amide bonds. The molecule has 0 radical (unpaired) electrons. The summed E-state index contributed by atoms with van der Waals surface area (Å²) in [7, 11) is 0. The van der Waals surface area contributed by atoms with Crippen LogP contribution in [-0.4, -0.2) is 40.5 Å². The fraction of sp³-hybridized carbons (Fsp3) is 0.393. The summed E-state index contributed by atoms with van der Waals surface area (Å²) in [5.41, 5.74) is 0.793. The van der Waals surface area contributed by atoms with Crippen molar-refractivity contribution < 1.29 is 23.5 Å². The van der Waals surface area contributed by atoms with Crippen LogP contribution < -0.4 is 14.8 Å². The second-order valence-electron chi connectivity index (χ2n) is 9.39. The quantitative estimate of drug-likeness (QED) is 0.531. The van der Waals surface area contributed by atoms with Gasteiger partial charge in [-0.05, 0) is 55.7 Å². The molecule has 0 bridgehead atoms. The first-order valence-electron chi connectivity index (χ1n) is 12.5. The van der Waals surface area contributed by atoms with Gasteiger partial charge in [-0.25, -0.2) is 0 Å². The Labute approximate surface area is 210 Å². The fourth-order valence-corrected chi connectivity index (χ4v) is 4.86. The SMILES string of the molecule is Cc1ccc([C@@H](C(=O)NC2CCCCC2)N(Cc2cccnc2)C(=O)[C@@H]2COc3ccccc3O2)o1. The van der Waals surface area contributed by atoms with E-state index < -0.39 is 12.1 Å². The fourth-order valence-electron chi connectivity index (χ4n) is 4.86. The maximum atomic E-state index is 14.0. The molecule has 8 heteroatoms. The van der Waals surface area contributed by atoms with Crippen molar-refractivity contribution in [2.24, 2.45) is 0 Å². The minimum Gasteiger partial charge on any atom is -0.485 e. The number of ether oxygens (including phenoxy) is 2. The number of amides is 2. The highest BCUT2D eigenvalue weighted by molar-refractivity contribution is 5.90. The summed E-state index contributed by atoms with van der Waals surface area (Å²) in [6, 6.07) is 13.6. The first kappa shape index (κ1) is 23.9. The van der Waals surface area contributed by atoms with Gasteiger partial charge in [0, 0.05) is 25.0 Å². The van der Waals surface area contributed by atoms with Gasteiger partial charge in [0.05, 0.1) is 0 Å². The van der Waals surface area contributed by atoms with Crippen LogP contribution in [0.3, 0.4) is 0 Å². The number of furan rings is 1. The predicted molar refractivity (Wildman–Crippen MR) is 132 cm³/mol. The maximum absolute atomic E-state index is 14.0. The van der Waals surface area contributed by atoms with E-state index in [0.29, 0.717) is 23.0 Å². The molecule has 2 aromatic heterocycles. The van der Waals surface area contributed by atoms with E-state index in [1.165, 1.54) is 11.3 Å². The van der Waals surface area contributed by atoms with Gasteiger partial charge in [-0.2, -0.15) is 0 Å². The van der Waals surface area contributed by atoms with Crippen molar-refractivity contribution in [3.8, 4) is 11.5 Å². The molecule has 36 heavy (non-hydrogen) atoms. The average molecular weight is 490 g/mol. The molecule has 2 atom stereocenters. The molecule has 1 aliphatic carbocycles. The van der Waals surface area contributed by atoms with E-state index in [1.807, 2.05) is 31.2 Å². The smallest absolute Gasteiger partial charge is 0.268 e. The van der Waals surface area contributed by atoms with Crippen LogP contribution in [0, 0.1) is 6.92 Å². The van der Waals surface area contributed by atoms with Gasteiger partial charge in [-0.3, -0.25) is 14.6 Å². The van der Waals surface area contributed by atoms with Gasteiger partial charge in [-0.15, -0.1) is 0 Å². The lowest BCUT2D eigenvalue weighted by molar-refractivity contribution is -0.150. The van der Waals surface area contributed by atoms with Crippen LogP contribution in [-0.2, 0) is 16.1 Å². The first-order chi connectivity index (χ1) is 17.6. The Morgan fingerprint density at radius 3 is 2.58 bits per heavy atom. The van der Waals surface area contributed by atoms with Crippen molar-refractivity contribution in [2.75, 3.05) is 6.61 Å². The third-order valence-corrected chi connectivity index (χ3v) is 6.69. The molecule has 0 saturated heterocycles. The number of nitrogens with zero attached hydrogens (tertiary/aromatic N) is 2. The van der Waals surface area contributed by atoms with Crippen molar-refractivity contribution in [1.29, 1.82) is 0 Å². The van der Waals surface area contributed by atoms with E-state index in [0.717, 1.165) is 31.2 Å². The lowest BCUT2D eigenvalue weighted by Crippen LogP contribution is -2.52. The van der Waals surface area contributed by atoms with Gasteiger partial charge >= 0.3 is 0 Å². The molecule has 188 valence electrons. The molecule has 1 N–H and O–H groups in total. The number of aromatic nitrogens is 1. The molecule has 3 aromatic rings. The Bertz CT molecular complexity index is 1190. The number of hydrogen-bond donors (Lipinski definition) is 1. The third kappa shape index (κ3) is 5.37. The summed E-state index contributed by atoms with van der Waals surface area (Å²) >= 11 is 0. The Balaban J connectivity index is 1.47. The highest BCUT2D eigenvalue weighted by Crippen LogP contribution is 2.33. The molecule has 0 unspecified atom stereocenters. The van der Waals surface area contributed by atoms with Crippen molar-refractivity contribution >= 4 is 11.8 Å². The first-order valence-corrected chi connectivity index (χ1v) is 12.5. The van der Waals surface area contributed by atoms with Gasteiger partial charge in [0.15, 0.2) is 17.5 Å². The van der Waals surface area contributed by atoms with Crippen LogP contribution in [0.1, 0.15) is 55.2 Å². The van der Waals surface area contributed by atoms with Crippen LogP contribution in [0.15, 0.2) is 65.3 Å². The monoisotopic (exact) mass is 489 g/mol. The van der Waals surface area contributed by atoms with Gasteiger partial charge < -0.3 is 24.1 Å². The molecule has 1 aromatic carbocycles. The second kappa shape index (κ2) is 10.8. The number of rotatable bonds is 7. The molecule has 1 aliphatic heterocycles. The summed E-state index contributed by atoms with van der Waals surface area (Å²) in [5.74, 6) is 1.56. The zero-order valence-electron chi connectivity index (χ0n) is 20.4. The molecule has 8 nitrogen and oxygen atoms in total. The summed E-state index contributed by atoms with van der Waals surface area (Å²) in [6.45, 7) is 2.03. The Kier molecular flexibility index (Phi) is 7.21. The van der Waals surface area contributed by atoms with Gasteiger partial charge in [0.25, 0.3) is 11.8 Å². The number of pyridine rings is 1. The standard InChI is InChI=1S/C28H31N3O5/c1-19-13-14-24(35-19)26(27(32)30-21-9-3-2-4-10-21)31(17-20-8-7-15-29-16-20)28(33)25-18-34-22-11-5-6-12-23(22)36-25/h5-8,11-16,21,25-26H,2-4,9-10,17-18H2,1H3,(H,30,32)/t25-,26-/m0/s1. The van der Waals surface area contributed by atoms with E-state index in [9.17, 15) is 9.59 Å². The predicted octanol–water partition coefficient (Wildman–Crippen LogP) is 4.34. The van der Waals surface area contributed by atoms with Crippen LogP contribution in [0.5, 0.6) is 11.5 Å². The molecular weight excluding hydrogens is 458 g/mol. The molecular formula is C28H31N3O5. The highest BCUT2D eigenvalue weighted by Gasteiger charge is 2.40. The number of fused-ring (bicyclic) bond motifs is 1. The maximum Gasteiger partial charge on any atom is 0.268 e. The number of hydrogen-bond acceptors (Lipinski definition) is 6. The molecule has 0 spiro atoms. The number of para-hydroxylation sites is 2. The molecule has 1 fully saturated rings. The number of carbonyl (C=O) groups is 2. The molecule has 5 rings (SSSR count). The summed E-state index contributed by atoms with van der Waals surface area (Å²) in [4.78, 5) is 33.5. The summed E-state index contributed by atoms with van der Waals surface area (Å²) in [5, 5.41) is 3.19. The van der Waals surface area contributed by atoms with Crippen LogP contribution >= 0.6 is 0 Å². The van der Waals surface area contributed by atoms with E-state index >= 15 is 0 Å². The Morgan fingerprint density at radius 2 is 1.86 bits per heavy atom. The topological polar surface area (TPSA) is 93.9 Å². The lowest BCUT2D eigenvalue weighted by Gasteiger charge is -2.35. The van der Waals surface area contributed by atoms with Crippen molar-refractivity contribution in [1.82, 2.24) is 15.2 Å². The van der Waals surface area contributed by atoms with Crippen LogP contribution in [0.4, 0.5) is 0 Å². The van der Waals surface area contributed by atoms with E-state index in [2.05, 4.69) is 10.3 Å². The molecule has 1 saturated carbocycles. The highest BCUT2D eigenvalue weighted by atomic mass is 16.6. The van der Waals surface area contributed by atoms with Crippen molar-refractivity contribution in [3.05, 3.63) is 78.0 Å². The number of aryl methyl sites for hydroxylation is 1. The largest absolute Gasteiger partial charge is 0.485 e. The molecule has 2 aliphatic rings. The molecule has 3 heterocycles. The van der Waals surface area contributed by atoms with Crippen molar-refractivity contribution in [2.45, 2.75) is 63.8 Å². The Hall–Kier alpha value is -3.81. The number of benzene rings is 1. The van der Waals surface area contributed by atoms with E-state index in [-0.39, 0.29) is 31.0 Å². The van der Waals surface area contributed by atoms with Crippen LogP contribution in [0.2, 0.25) is 0 Å². The normalized spacial score (nSPS) is 18.3. The number of nitrogens with one attached hydrogen (secondary N) is 1. The average Bonchev–Trinajstić information content (AvgIpc) is 3.34. The zero-order chi connectivity index (χ0) is 24.9. The zero-order valence-corrected chi connectivity index (χ0v) is 20.4. The van der Waals surface area contributed by atoms with Crippen molar-refractivity contribution in [3.63, 3.8) is 0 Å². The van der Waals surface area contributed by atoms with E-state index in [1.54, 1.807) is 36.7 Å². The van der Waals surface area contributed by atoms with Gasteiger partial charge in [-0.1, -0.05) is 37.5 Å². The Morgan fingerprint density at radius 1 is 1.06 bits per heavy atom. The van der Waals surface area contributed by atoms with E-state index in [4.69, 9.17) is 13.9 Å². The van der Waals surface area contributed by atoms with Gasteiger partial charge in [0.1, 0.15) is 18.1 Å². The van der Waals surface area contributed by atoms with Gasteiger partial charge in [0.2, 0.25) is 6.10 Å². The third-order valence-electron chi connectivity index (χ3n) is 6.69. The lowest BCUT2D eigenvalue weighted by atomic mass is 9.95.